The number of aromatic nitrogens is 1. The van der Waals surface area contributed by atoms with E-state index in [1.807, 2.05) is 42.5 Å². The van der Waals surface area contributed by atoms with Gasteiger partial charge in [0.15, 0.2) is 0 Å². The van der Waals surface area contributed by atoms with Crippen molar-refractivity contribution in [3.63, 3.8) is 0 Å². The molecule has 0 saturated heterocycles. The Morgan fingerprint density at radius 3 is 2.43 bits per heavy atom. The zero-order valence-corrected chi connectivity index (χ0v) is 9.51. The molecule has 2 rings (SSSR count). The van der Waals surface area contributed by atoms with Crippen molar-refractivity contribution in [2.75, 3.05) is 0 Å². The summed E-state index contributed by atoms with van der Waals surface area (Å²) in [5.74, 6) is 1.43. The average molecular weight is 297 g/mol. The molecule has 0 saturated carbocycles. The van der Waals surface area contributed by atoms with Crippen LogP contribution in [0.25, 0.3) is 0 Å². The van der Waals surface area contributed by atoms with Crippen LogP contribution >= 0.6 is 22.6 Å². The van der Waals surface area contributed by atoms with E-state index in [0.29, 0.717) is 5.88 Å². The molecule has 0 atom stereocenters. The first-order valence-electron chi connectivity index (χ1n) is 4.19. The lowest BCUT2D eigenvalue weighted by atomic mass is 10.3. The van der Waals surface area contributed by atoms with E-state index in [1.54, 1.807) is 6.20 Å². The summed E-state index contributed by atoms with van der Waals surface area (Å²) in [7, 11) is 0. The SMILES string of the molecule is Ic1ccc(Oc2ccccn2)cc1. The molecule has 0 unspecified atom stereocenters. The van der Waals surface area contributed by atoms with Crippen molar-refractivity contribution in [2.24, 2.45) is 0 Å². The molecule has 3 heteroatoms. The molecule has 1 aromatic heterocycles. The Bertz CT molecular complexity index is 399. The molecule has 0 amide bonds. The molecule has 70 valence electrons. The van der Waals surface area contributed by atoms with E-state index in [-0.39, 0.29) is 0 Å². The Morgan fingerprint density at radius 2 is 1.79 bits per heavy atom. The summed E-state index contributed by atoms with van der Waals surface area (Å²) in [6.07, 6.45) is 1.71. The molecule has 0 N–H and O–H groups in total. The summed E-state index contributed by atoms with van der Waals surface area (Å²) < 4.78 is 6.71. The number of rotatable bonds is 2. The minimum absolute atomic E-state index is 0.619. The highest BCUT2D eigenvalue weighted by atomic mass is 127. The normalized spacial score (nSPS) is 9.79. The van der Waals surface area contributed by atoms with Gasteiger partial charge in [-0.2, -0.15) is 0 Å². The zero-order valence-electron chi connectivity index (χ0n) is 7.35. The number of hydrogen-bond donors (Lipinski definition) is 0. The Labute approximate surface area is 96.1 Å². The second kappa shape index (κ2) is 4.41. The Balaban J connectivity index is 2.16. The number of ether oxygens (including phenoxy) is 1. The fourth-order valence-electron chi connectivity index (χ4n) is 1.03. The molecule has 0 bridgehead atoms. The van der Waals surface area contributed by atoms with Crippen molar-refractivity contribution in [2.45, 2.75) is 0 Å². The summed E-state index contributed by atoms with van der Waals surface area (Å²) in [5.41, 5.74) is 0. The van der Waals surface area contributed by atoms with Gasteiger partial charge >= 0.3 is 0 Å². The number of hydrogen-bond acceptors (Lipinski definition) is 2. The number of nitrogens with zero attached hydrogens (tertiary/aromatic N) is 1. The second-order valence-electron chi connectivity index (χ2n) is 2.72. The van der Waals surface area contributed by atoms with Gasteiger partial charge in [0.05, 0.1) is 0 Å². The van der Waals surface area contributed by atoms with E-state index < -0.39 is 0 Å². The van der Waals surface area contributed by atoms with E-state index >= 15 is 0 Å². The standard InChI is InChI=1S/C11H8INO/c12-9-4-6-10(7-5-9)14-11-3-1-2-8-13-11/h1-8H. The fraction of sp³-hybridized carbons (Fsp3) is 0. The Hall–Kier alpha value is -1.10. The van der Waals surface area contributed by atoms with Crippen molar-refractivity contribution < 1.29 is 4.74 Å². The van der Waals surface area contributed by atoms with Gasteiger partial charge in [0.25, 0.3) is 0 Å². The maximum absolute atomic E-state index is 5.52. The molecular weight excluding hydrogens is 289 g/mol. The molecule has 0 aliphatic carbocycles. The number of benzene rings is 1. The Kier molecular flexibility index (Phi) is 2.98. The predicted octanol–water partition coefficient (Wildman–Crippen LogP) is 3.48. The van der Waals surface area contributed by atoms with Crippen LogP contribution < -0.4 is 4.74 Å². The third-order valence-electron chi connectivity index (χ3n) is 1.67. The van der Waals surface area contributed by atoms with Crippen molar-refractivity contribution in [1.82, 2.24) is 4.98 Å². The molecule has 1 heterocycles. The maximum atomic E-state index is 5.52. The van der Waals surface area contributed by atoms with Gasteiger partial charge < -0.3 is 4.74 Å². The van der Waals surface area contributed by atoms with Crippen molar-refractivity contribution in [3.8, 4) is 11.6 Å². The summed E-state index contributed by atoms with van der Waals surface area (Å²) in [4.78, 5) is 4.07. The Morgan fingerprint density at radius 1 is 1.00 bits per heavy atom. The van der Waals surface area contributed by atoms with Gasteiger partial charge in [-0.1, -0.05) is 6.07 Å². The van der Waals surface area contributed by atoms with Gasteiger partial charge in [-0.25, -0.2) is 4.98 Å². The van der Waals surface area contributed by atoms with Crippen LogP contribution in [0.4, 0.5) is 0 Å². The highest BCUT2D eigenvalue weighted by Crippen LogP contribution is 2.19. The molecule has 0 aliphatic heterocycles. The summed E-state index contributed by atoms with van der Waals surface area (Å²) in [6.45, 7) is 0. The van der Waals surface area contributed by atoms with Gasteiger partial charge in [-0.15, -0.1) is 0 Å². The largest absolute Gasteiger partial charge is 0.439 e. The van der Waals surface area contributed by atoms with Crippen LogP contribution in [0.2, 0.25) is 0 Å². The molecular formula is C11H8INO. The molecule has 0 fully saturated rings. The first-order chi connectivity index (χ1) is 6.84. The van der Waals surface area contributed by atoms with E-state index in [4.69, 9.17) is 4.74 Å². The van der Waals surface area contributed by atoms with E-state index in [0.717, 1.165) is 5.75 Å². The van der Waals surface area contributed by atoms with Crippen molar-refractivity contribution in [3.05, 3.63) is 52.2 Å². The van der Waals surface area contributed by atoms with Crippen LogP contribution in [0.3, 0.4) is 0 Å². The first-order valence-corrected chi connectivity index (χ1v) is 5.27. The van der Waals surface area contributed by atoms with Crippen LogP contribution in [0.15, 0.2) is 48.7 Å². The predicted molar refractivity (Wildman–Crippen MR) is 63.5 cm³/mol. The molecule has 0 radical (unpaired) electrons. The maximum Gasteiger partial charge on any atom is 0.219 e. The highest BCUT2D eigenvalue weighted by molar-refractivity contribution is 14.1. The number of halogens is 1. The topological polar surface area (TPSA) is 22.1 Å². The van der Waals surface area contributed by atoms with Gasteiger partial charge in [-0.3, -0.25) is 0 Å². The van der Waals surface area contributed by atoms with Gasteiger partial charge in [0.2, 0.25) is 5.88 Å². The van der Waals surface area contributed by atoms with Gasteiger partial charge in [0.1, 0.15) is 5.75 Å². The summed E-state index contributed by atoms with van der Waals surface area (Å²) >= 11 is 2.26. The molecule has 1 aromatic carbocycles. The summed E-state index contributed by atoms with van der Waals surface area (Å²) in [6, 6.07) is 13.4. The molecule has 0 aliphatic rings. The van der Waals surface area contributed by atoms with Crippen molar-refractivity contribution >= 4 is 22.6 Å². The molecule has 2 nitrogen and oxygen atoms in total. The van der Waals surface area contributed by atoms with Crippen LogP contribution in [0.5, 0.6) is 11.6 Å². The minimum Gasteiger partial charge on any atom is -0.439 e. The van der Waals surface area contributed by atoms with E-state index in [2.05, 4.69) is 27.6 Å². The van der Waals surface area contributed by atoms with Gasteiger partial charge in [0, 0.05) is 15.8 Å². The highest BCUT2D eigenvalue weighted by Gasteiger charge is 1.96. The lowest BCUT2D eigenvalue weighted by molar-refractivity contribution is 0.463. The summed E-state index contributed by atoms with van der Waals surface area (Å²) in [5, 5.41) is 0. The molecule has 0 spiro atoms. The van der Waals surface area contributed by atoms with Crippen LogP contribution in [-0.2, 0) is 0 Å². The van der Waals surface area contributed by atoms with Gasteiger partial charge in [-0.05, 0) is 52.9 Å². The minimum atomic E-state index is 0.619. The first kappa shape index (κ1) is 9.45. The van der Waals surface area contributed by atoms with E-state index in [1.165, 1.54) is 3.57 Å². The average Bonchev–Trinajstić information content (AvgIpc) is 2.23. The van der Waals surface area contributed by atoms with Crippen LogP contribution in [0, 0.1) is 3.57 Å². The fourth-order valence-corrected chi connectivity index (χ4v) is 1.39. The number of pyridine rings is 1. The quantitative estimate of drug-likeness (QED) is 0.792. The van der Waals surface area contributed by atoms with Crippen LogP contribution in [0.1, 0.15) is 0 Å². The zero-order chi connectivity index (χ0) is 9.80. The lowest BCUT2D eigenvalue weighted by Gasteiger charge is -2.03. The molecule has 2 aromatic rings. The van der Waals surface area contributed by atoms with Crippen molar-refractivity contribution in [1.29, 1.82) is 0 Å². The third-order valence-corrected chi connectivity index (χ3v) is 2.39. The molecule has 14 heavy (non-hydrogen) atoms. The van der Waals surface area contributed by atoms with Crippen LogP contribution in [-0.4, -0.2) is 4.98 Å². The second-order valence-corrected chi connectivity index (χ2v) is 3.97. The van der Waals surface area contributed by atoms with E-state index in [9.17, 15) is 0 Å². The smallest absolute Gasteiger partial charge is 0.219 e. The lowest BCUT2D eigenvalue weighted by Crippen LogP contribution is -1.86. The third kappa shape index (κ3) is 2.45. The monoisotopic (exact) mass is 297 g/mol.